The van der Waals surface area contributed by atoms with Crippen molar-refractivity contribution in [3.63, 3.8) is 0 Å². The van der Waals surface area contributed by atoms with Crippen molar-refractivity contribution in [1.29, 1.82) is 0 Å². The third-order valence-corrected chi connectivity index (χ3v) is 3.68. The molecule has 0 aromatic carbocycles. The first-order chi connectivity index (χ1) is 8.24. The summed E-state index contributed by atoms with van der Waals surface area (Å²) in [6.07, 6.45) is 2.60. The molecule has 2 fully saturated rings. The van der Waals surface area contributed by atoms with E-state index in [0.717, 1.165) is 19.6 Å². The Labute approximate surface area is 101 Å². The topological polar surface area (TPSA) is 71.4 Å². The number of nitrogens with zero attached hydrogens (tertiary/aromatic N) is 4. The zero-order valence-electron chi connectivity index (χ0n) is 10.2. The maximum Gasteiger partial charge on any atom is 0.318 e. The van der Waals surface area contributed by atoms with Gasteiger partial charge in [-0.25, -0.2) is 0 Å². The Bertz CT molecular complexity index is 391. The van der Waals surface area contributed by atoms with Crippen molar-refractivity contribution in [3.05, 3.63) is 5.89 Å². The molecule has 2 atom stereocenters. The molecular formula is C11H19N5O. The summed E-state index contributed by atoms with van der Waals surface area (Å²) in [5, 5.41) is 8.07. The summed E-state index contributed by atoms with van der Waals surface area (Å²) >= 11 is 0. The van der Waals surface area contributed by atoms with E-state index in [1.165, 1.54) is 19.4 Å². The maximum atomic E-state index is 5.72. The number of hydrogen-bond donors (Lipinski definition) is 1. The van der Waals surface area contributed by atoms with E-state index in [1.807, 2.05) is 6.92 Å². The summed E-state index contributed by atoms with van der Waals surface area (Å²) in [5.41, 5.74) is 5.72. The molecule has 2 unspecified atom stereocenters. The molecule has 0 bridgehead atoms. The molecule has 0 saturated carbocycles. The summed E-state index contributed by atoms with van der Waals surface area (Å²) < 4.78 is 5.59. The predicted molar refractivity (Wildman–Crippen MR) is 63.7 cm³/mol. The summed E-state index contributed by atoms with van der Waals surface area (Å²) in [6.45, 7) is 6.16. The lowest BCUT2D eigenvalue weighted by Gasteiger charge is -2.36. The molecule has 1 aromatic rings. The number of aromatic nitrogens is 2. The minimum atomic E-state index is -0.191. The number of piperazine rings is 1. The van der Waals surface area contributed by atoms with E-state index in [4.69, 9.17) is 10.2 Å². The van der Waals surface area contributed by atoms with Crippen molar-refractivity contribution in [2.75, 3.05) is 31.1 Å². The van der Waals surface area contributed by atoms with Gasteiger partial charge >= 0.3 is 6.01 Å². The lowest BCUT2D eigenvalue weighted by molar-refractivity contribution is 0.225. The van der Waals surface area contributed by atoms with Crippen LogP contribution in [0.25, 0.3) is 0 Å². The highest BCUT2D eigenvalue weighted by Crippen LogP contribution is 2.25. The quantitative estimate of drug-likeness (QED) is 0.801. The molecule has 2 saturated heterocycles. The standard InChI is InChI=1S/C11H19N5O/c1-8(12)10-13-14-11(17-10)16-6-5-15-4-2-3-9(15)7-16/h8-9H,2-7,12H2,1H3. The molecule has 2 aliphatic rings. The lowest BCUT2D eigenvalue weighted by atomic mass is 10.2. The van der Waals surface area contributed by atoms with Crippen LogP contribution in [0.3, 0.4) is 0 Å². The van der Waals surface area contributed by atoms with Crippen LogP contribution in [-0.4, -0.2) is 47.3 Å². The van der Waals surface area contributed by atoms with Crippen LogP contribution >= 0.6 is 0 Å². The lowest BCUT2D eigenvalue weighted by Crippen LogP contribution is -2.50. The highest BCUT2D eigenvalue weighted by molar-refractivity contribution is 5.26. The van der Waals surface area contributed by atoms with Gasteiger partial charge in [0.15, 0.2) is 0 Å². The monoisotopic (exact) mass is 237 g/mol. The Morgan fingerprint density at radius 2 is 2.24 bits per heavy atom. The fourth-order valence-electron chi connectivity index (χ4n) is 2.70. The molecule has 6 nitrogen and oxygen atoms in total. The Morgan fingerprint density at radius 1 is 1.35 bits per heavy atom. The number of rotatable bonds is 2. The second-order valence-corrected chi connectivity index (χ2v) is 4.99. The second kappa shape index (κ2) is 4.27. The van der Waals surface area contributed by atoms with E-state index in [2.05, 4.69) is 20.0 Å². The van der Waals surface area contributed by atoms with Crippen molar-refractivity contribution < 1.29 is 4.42 Å². The molecule has 6 heteroatoms. The van der Waals surface area contributed by atoms with Gasteiger partial charge in [-0.15, -0.1) is 5.10 Å². The Balaban J connectivity index is 1.71. The first-order valence-electron chi connectivity index (χ1n) is 6.32. The summed E-state index contributed by atoms with van der Waals surface area (Å²) in [4.78, 5) is 4.74. The van der Waals surface area contributed by atoms with Crippen LogP contribution in [0.1, 0.15) is 31.7 Å². The van der Waals surface area contributed by atoms with Crippen molar-refractivity contribution in [1.82, 2.24) is 15.1 Å². The molecule has 0 radical (unpaired) electrons. The third kappa shape index (κ3) is 2.02. The van der Waals surface area contributed by atoms with Crippen LogP contribution in [0, 0.1) is 0 Å². The van der Waals surface area contributed by atoms with Crippen LogP contribution in [0.4, 0.5) is 6.01 Å². The molecule has 2 N–H and O–H groups in total. The predicted octanol–water partition coefficient (Wildman–Crippen LogP) is 0.374. The number of hydrogen-bond acceptors (Lipinski definition) is 6. The van der Waals surface area contributed by atoms with E-state index in [-0.39, 0.29) is 6.04 Å². The van der Waals surface area contributed by atoms with Crippen molar-refractivity contribution in [2.45, 2.75) is 31.8 Å². The van der Waals surface area contributed by atoms with Crippen LogP contribution in [-0.2, 0) is 0 Å². The zero-order valence-corrected chi connectivity index (χ0v) is 10.2. The molecule has 0 aliphatic carbocycles. The fraction of sp³-hybridized carbons (Fsp3) is 0.818. The average Bonchev–Trinajstić information content (AvgIpc) is 2.97. The van der Waals surface area contributed by atoms with E-state index in [0.29, 0.717) is 17.9 Å². The Hall–Kier alpha value is -1.14. The van der Waals surface area contributed by atoms with Crippen LogP contribution in [0.15, 0.2) is 4.42 Å². The molecule has 0 spiro atoms. The van der Waals surface area contributed by atoms with Gasteiger partial charge < -0.3 is 15.1 Å². The maximum absolute atomic E-state index is 5.72. The van der Waals surface area contributed by atoms with Gasteiger partial charge in [0.1, 0.15) is 0 Å². The molecule has 94 valence electrons. The van der Waals surface area contributed by atoms with Gasteiger partial charge in [0.25, 0.3) is 0 Å². The van der Waals surface area contributed by atoms with Gasteiger partial charge in [-0.3, -0.25) is 4.90 Å². The minimum absolute atomic E-state index is 0.191. The second-order valence-electron chi connectivity index (χ2n) is 4.99. The Morgan fingerprint density at radius 3 is 3.00 bits per heavy atom. The van der Waals surface area contributed by atoms with Gasteiger partial charge in [-0.05, 0) is 26.3 Å². The molecular weight excluding hydrogens is 218 g/mol. The normalized spacial score (nSPS) is 27.2. The van der Waals surface area contributed by atoms with Gasteiger partial charge in [-0.2, -0.15) is 0 Å². The van der Waals surface area contributed by atoms with Gasteiger partial charge in [0, 0.05) is 25.7 Å². The number of anilines is 1. The van der Waals surface area contributed by atoms with Crippen molar-refractivity contribution >= 4 is 6.01 Å². The van der Waals surface area contributed by atoms with Gasteiger partial charge in [0.05, 0.1) is 6.04 Å². The van der Waals surface area contributed by atoms with Crippen LogP contribution in [0.5, 0.6) is 0 Å². The van der Waals surface area contributed by atoms with Crippen molar-refractivity contribution in [2.24, 2.45) is 5.73 Å². The molecule has 2 aliphatic heterocycles. The van der Waals surface area contributed by atoms with E-state index in [1.54, 1.807) is 0 Å². The Kier molecular flexibility index (Phi) is 2.76. The van der Waals surface area contributed by atoms with Gasteiger partial charge in [0.2, 0.25) is 5.89 Å². The smallest absolute Gasteiger partial charge is 0.318 e. The fourth-order valence-corrected chi connectivity index (χ4v) is 2.70. The van der Waals surface area contributed by atoms with E-state index < -0.39 is 0 Å². The highest BCUT2D eigenvalue weighted by atomic mass is 16.4. The van der Waals surface area contributed by atoms with Crippen LogP contribution in [0.2, 0.25) is 0 Å². The SMILES string of the molecule is CC(N)c1nnc(N2CCN3CCCC3C2)o1. The minimum Gasteiger partial charge on any atom is -0.406 e. The molecule has 3 rings (SSSR count). The van der Waals surface area contributed by atoms with Crippen molar-refractivity contribution in [3.8, 4) is 0 Å². The number of nitrogens with two attached hydrogens (primary N) is 1. The largest absolute Gasteiger partial charge is 0.406 e. The van der Waals surface area contributed by atoms with E-state index >= 15 is 0 Å². The summed E-state index contributed by atoms with van der Waals surface area (Å²) in [7, 11) is 0. The first-order valence-corrected chi connectivity index (χ1v) is 6.32. The molecule has 0 amide bonds. The molecule has 1 aromatic heterocycles. The van der Waals surface area contributed by atoms with E-state index in [9.17, 15) is 0 Å². The number of fused-ring (bicyclic) bond motifs is 1. The molecule has 3 heterocycles. The molecule has 17 heavy (non-hydrogen) atoms. The summed E-state index contributed by atoms with van der Waals surface area (Å²) in [6, 6.07) is 1.10. The van der Waals surface area contributed by atoms with Crippen LogP contribution < -0.4 is 10.6 Å². The highest BCUT2D eigenvalue weighted by Gasteiger charge is 2.32. The average molecular weight is 237 g/mol. The third-order valence-electron chi connectivity index (χ3n) is 3.68. The zero-order chi connectivity index (χ0) is 11.8. The van der Waals surface area contributed by atoms with Gasteiger partial charge in [-0.1, -0.05) is 5.10 Å². The summed E-state index contributed by atoms with van der Waals surface area (Å²) in [5.74, 6) is 0.522. The first kappa shape index (κ1) is 11.0.